The van der Waals surface area contributed by atoms with E-state index in [1.54, 1.807) is 36.4 Å². The van der Waals surface area contributed by atoms with Gasteiger partial charge in [-0.25, -0.2) is 14.4 Å². The van der Waals surface area contributed by atoms with Gasteiger partial charge in [0.05, 0.1) is 5.56 Å². The normalized spacial score (nSPS) is 15.5. The second kappa shape index (κ2) is 11.0. The number of esters is 1. The summed E-state index contributed by atoms with van der Waals surface area (Å²) in [5.74, 6) is -1.73. The zero-order valence-corrected chi connectivity index (χ0v) is 17.8. The van der Waals surface area contributed by atoms with Crippen LogP contribution in [-0.4, -0.2) is 48.2 Å². The molecule has 0 aromatic heterocycles. The number of carboxylic acid groups (broad SMARTS) is 1. The first-order valence-corrected chi connectivity index (χ1v) is 10.4. The summed E-state index contributed by atoms with van der Waals surface area (Å²) in [6.45, 7) is -0.159. The minimum Gasteiger partial charge on any atom is -0.484 e. The van der Waals surface area contributed by atoms with Crippen LogP contribution in [0.15, 0.2) is 48.5 Å². The molecule has 3 rings (SSSR count). The van der Waals surface area contributed by atoms with Crippen molar-refractivity contribution < 1.29 is 33.8 Å². The molecule has 0 saturated carbocycles. The number of hydrogen-bond acceptors (Lipinski definition) is 6. The van der Waals surface area contributed by atoms with Crippen LogP contribution in [0.4, 0.5) is 4.79 Å². The van der Waals surface area contributed by atoms with E-state index in [4.69, 9.17) is 15.2 Å². The number of amides is 3. The summed E-state index contributed by atoms with van der Waals surface area (Å²) in [6.07, 6.45) is 0.610. The number of carbonyl (C=O) groups excluding carboxylic acids is 3. The first kappa shape index (κ1) is 23.6. The average Bonchev–Trinajstić information content (AvgIpc) is 2.79. The number of benzene rings is 2. The highest BCUT2D eigenvalue weighted by Crippen LogP contribution is 2.31. The van der Waals surface area contributed by atoms with Gasteiger partial charge >= 0.3 is 18.0 Å². The van der Waals surface area contributed by atoms with Gasteiger partial charge < -0.3 is 30.9 Å². The number of urea groups is 1. The molecule has 33 heavy (non-hydrogen) atoms. The van der Waals surface area contributed by atoms with E-state index in [9.17, 15) is 24.3 Å². The number of cyclic esters (lactones) is 1. The van der Waals surface area contributed by atoms with E-state index >= 15 is 0 Å². The van der Waals surface area contributed by atoms with Crippen molar-refractivity contribution in [2.45, 2.75) is 31.4 Å². The van der Waals surface area contributed by atoms with Crippen molar-refractivity contribution in [3.8, 4) is 5.75 Å². The fourth-order valence-corrected chi connectivity index (χ4v) is 3.46. The SMILES string of the molecule is NC(=O)NCCC[C@@H](NC(=O)COc1ccc([C@H]2Cc3ccccc3C(=O)O2)cc1)C(=O)O. The monoisotopic (exact) mass is 455 g/mol. The first-order valence-electron chi connectivity index (χ1n) is 10.4. The fourth-order valence-electron chi connectivity index (χ4n) is 3.46. The largest absolute Gasteiger partial charge is 0.484 e. The van der Waals surface area contributed by atoms with E-state index in [0.29, 0.717) is 24.2 Å². The van der Waals surface area contributed by atoms with Gasteiger partial charge in [-0.2, -0.15) is 0 Å². The van der Waals surface area contributed by atoms with Crippen molar-refractivity contribution >= 4 is 23.9 Å². The second-order valence-electron chi connectivity index (χ2n) is 7.50. The highest BCUT2D eigenvalue weighted by molar-refractivity contribution is 5.92. The number of carboxylic acids is 1. The predicted octanol–water partition coefficient (Wildman–Crippen LogP) is 1.54. The van der Waals surface area contributed by atoms with Crippen molar-refractivity contribution in [1.29, 1.82) is 0 Å². The predicted molar refractivity (Wildman–Crippen MR) is 117 cm³/mol. The topological polar surface area (TPSA) is 157 Å². The third kappa shape index (κ3) is 6.70. The minimum atomic E-state index is -1.18. The Morgan fingerprint density at radius 1 is 1.15 bits per heavy atom. The number of primary amides is 1. The smallest absolute Gasteiger partial charge is 0.339 e. The maximum absolute atomic E-state index is 12.2. The summed E-state index contributed by atoms with van der Waals surface area (Å²) < 4.78 is 11.0. The molecule has 0 bridgehead atoms. The van der Waals surface area contributed by atoms with Crippen molar-refractivity contribution in [1.82, 2.24) is 10.6 Å². The maximum Gasteiger partial charge on any atom is 0.339 e. The lowest BCUT2D eigenvalue weighted by atomic mass is 9.95. The molecular formula is C23H25N3O7. The third-order valence-electron chi connectivity index (χ3n) is 5.12. The van der Waals surface area contributed by atoms with Crippen LogP contribution in [0.3, 0.4) is 0 Å². The van der Waals surface area contributed by atoms with Crippen LogP contribution >= 0.6 is 0 Å². The van der Waals surface area contributed by atoms with Crippen LogP contribution in [0.2, 0.25) is 0 Å². The Hall–Kier alpha value is -4.08. The molecule has 2 aromatic carbocycles. The lowest BCUT2D eigenvalue weighted by molar-refractivity contribution is -0.142. The first-order chi connectivity index (χ1) is 15.8. The van der Waals surface area contributed by atoms with Gasteiger partial charge in [-0.3, -0.25) is 4.79 Å². The minimum absolute atomic E-state index is 0.124. The van der Waals surface area contributed by atoms with Gasteiger partial charge in [0.2, 0.25) is 0 Å². The number of nitrogens with two attached hydrogens (primary N) is 1. The zero-order valence-electron chi connectivity index (χ0n) is 17.8. The zero-order chi connectivity index (χ0) is 23.8. The lowest BCUT2D eigenvalue weighted by Crippen LogP contribution is -2.43. The highest BCUT2D eigenvalue weighted by Gasteiger charge is 2.27. The Morgan fingerprint density at radius 2 is 1.88 bits per heavy atom. The molecule has 10 nitrogen and oxygen atoms in total. The summed E-state index contributed by atoms with van der Waals surface area (Å²) in [5, 5.41) is 14.0. The van der Waals surface area contributed by atoms with E-state index in [2.05, 4.69) is 10.6 Å². The molecule has 2 aromatic rings. The number of hydrogen-bond donors (Lipinski definition) is 4. The third-order valence-corrected chi connectivity index (χ3v) is 5.12. The Labute approximate surface area is 190 Å². The van der Waals surface area contributed by atoms with Crippen LogP contribution in [0.25, 0.3) is 0 Å². The maximum atomic E-state index is 12.2. The van der Waals surface area contributed by atoms with Crippen LogP contribution < -0.4 is 21.1 Å². The van der Waals surface area contributed by atoms with Crippen LogP contribution in [0.5, 0.6) is 5.75 Å². The molecule has 0 fully saturated rings. The van der Waals surface area contributed by atoms with Crippen LogP contribution in [0, 0.1) is 0 Å². The molecule has 2 atom stereocenters. The fraction of sp³-hybridized carbons (Fsp3) is 0.304. The average molecular weight is 455 g/mol. The van der Waals surface area contributed by atoms with Crippen molar-refractivity contribution in [2.75, 3.05) is 13.2 Å². The van der Waals surface area contributed by atoms with Gasteiger partial charge in [-0.1, -0.05) is 30.3 Å². The molecular weight excluding hydrogens is 430 g/mol. The van der Waals surface area contributed by atoms with E-state index in [-0.39, 0.29) is 25.5 Å². The van der Waals surface area contributed by atoms with E-state index < -0.39 is 30.1 Å². The molecule has 1 aliphatic heterocycles. The van der Waals surface area contributed by atoms with E-state index in [0.717, 1.165) is 11.1 Å². The summed E-state index contributed by atoms with van der Waals surface area (Å²) in [4.78, 5) is 46.3. The number of nitrogens with one attached hydrogen (secondary N) is 2. The van der Waals surface area contributed by atoms with Crippen molar-refractivity contribution in [3.63, 3.8) is 0 Å². The quantitative estimate of drug-likeness (QED) is 0.313. The molecule has 0 spiro atoms. The number of ether oxygens (including phenoxy) is 2. The molecule has 5 N–H and O–H groups in total. The lowest BCUT2D eigenvalue weighted by Gasteiger charge is -2.25. The highest BCUT2D eigenvalue weighted by atomic mass is 16.5. The molecule has 0 aliphatic carbocycles. The Morgan fingerprint density at radius 3 is 2.58 bits per heavy atom. The van der Waals surface area contributed by atoms with Gasteiger partial charge in [-0.15, -0.1) is 0 Å². The molecule has 0 radical (unpaired) electrons. The summed E-state index contributed by atoms with van der Waals surface area (Å²) in [7, 11) is 0. The van der Waals surface area contributed by atoms with E-state index in [1.165, 1.54) is 0 Å². The molecule has 174 valence electrons. The van der Waals surface area contributed by atoms with Gasteiger partial charge in [0.1, 0.15) is 17.9 Å². The Bertz CT molecular complexity index is 1020. The van der Waals surface area contributed by atoms with Crippen LogP contribution in [-0.2, 0) is 20.7 Å². The molecule has 0 unspecified atom stereocenters. The van der Waals surface area contributed by atoms with Crippen LogP contribution in [0.1, 0.15) is 40.4 Å². The van der Waals surface area contributed by atoms with E-state index in [1.807, 2.05) is 12.1 Å². The Balaban J connectivity index is 1.49. The van der Waals surface area contributed by atoms with Crippen molar-refractivity contribution in [3.05, 3.63) is 65.2 Å². The number of aliphatic carboxylic acids is 1. The van der Waals surface area contributed by atoms with Gasteiger partial charge in [-0.05, 0) is 42.2 Å². The number of fused-ring (bicyclic) bond motifs is 1. The number of carbonyl (C=O) groups is 4. The van der Waals surface area contributed by atoms with Gasteiger partial charge in [0, 0.05) is 13.0 Å². The second-order valence-corrected chi connectivity index (χ2v) is 7.50. The van der Waals surface area contributed by atoms with Crippen molar-refractivity contribution in [2.24, 2.45) is 5.73 Å². The Kier molecular flexibility index (Phi) is 7.85. The summed E-state index contributed by atoms with van der Waals surface area (Å²) in [6, 6.07) is 12.3. The molecule has 10 heteroatoms. The van der Waals surface area contributed by atoms with Gasteiger partial charge in [0.15, 0.2) is 6.61 Å². The molecule has 1 aliphatic rings. The molecule has 1 heterocycles. The summed E-state index contributed by atoms with van der Waals surface area (Å²) in [5.41, 5.74) is 7.24. The summed E-state index contributed by atoms with van der Waals surface area (Å²) >= 11 is 0. The van der Waals surface area contributed by atoms with Gasteiger partial charge in [0.25, 0.3) is 5.91 Å². The number of rotatable bonds is 10. The molecule has 3 amide bonds. The standard InChI is InChI=1S/C23H25N3O7/c24-23(31)25-11-3-6-18(21(28)29)26-20(27)13-32-16-9-7-14(8-10-16)19-12-15-4-1-2-5-17(15)22(30)33-19/h1-2,4-5,7-10,18-19H,3,6,11-13H2,(H,26,27)(H,28,29)(H3,24,25,31)/t18-,19-/m1/s1. The molecule has 0 saturated heterocycles.